The predicted octanol–water partition coefficient (Wildman–Crippen LogP) is 3.37. The van der Waals surface area contributed by atoms with Crippen LogP contribution in [-0.2, 0) is 6.42 Å². The molecule has 0 aliphatic heterocycles. The topological polar surface area (TPSA) is 43.6 Å². The molecule has 0 atom stereocenters. The van der Waals surface area contributed by atoms with Crippen molar-refractivity contribution in [3.63, 3.8) is 0 Å². The van der Waals surface area contributed by atoms with Gasteiger partial charge in [0.25, 0.3) is 0 Å². The summed E-state index contributed by atoms with van der Waals surface area (Å²) < 4.78 is 2.09. The van der Waals surface area contributed by atoms with Crippen LogP contribution < -0.4 is 0 Å². The van der Waals surface area contributed by atoms with Crippen molar-refractivity contribution in [3.05, 3.63) is 52.7 Å². The van der Waals surface area contributed by atoms with Crippen LogP contribution in [0.1, 0.15) is 11.5 Å². The number of hydrogen-bond donors (Lipinski definition) is 0. The summed E-state index contributed by atoms with van der Waals surface area (Å²) in [5.74, 6) is 1.86. The molecule has 102 valence electrons. The third-order valence-corrected chi connectivity index (χ3v) is 4.45. The molecule has 3 aromatic rings. The highest BCUT2D eigenvalue weighted by Crippen LogP contribution is 2.22. The van der Waals surface area contributed by atoms with Gasteiger partial charge in [-0.05, 0) is 19.1 Å². The van der Waals surface area contributed by atoms with Crippen molar-refractivity contribution in [3.8, 4) is 5.69 Å². The van der Waals surface area contributed by atoms with E-state index in [1.165, 1.54) is 0 Å². The van der Waals surface area contributed by atoms with Gasteiger partial charge in [-0.15, -0.1) is 21.5 Å². The Morgan fingerprint density at radius 1 is 1.20 bits per heavy atom. The van der Waals surface area contributed by atoms with Crippen LogP contribution in [0.3, 0.4) is 0 Å². The fourth-order valence-electron chi connectivity index (χ4n) is 1.92. The molecule has 0 unspecified atom stereocenters. The minimum absolute atomic E-state index is 0.910. The summed E-state index contributed by atoms with van der Waals surface area (Å²) in [5.41, 5.74) is 4.12. The zero-order valence-electron chi connectivity index (χ0n) is 11.1. The maximum atomic E-state index is 4.30. The lowest BCUT2D eigenvalue weighted by Crippen LogP contribution is -1.99. The van der Waals surface area contributed by atoms with Crippen molar-refractivity contribution in [2.45, 2.75) is 18.5 Å². The van der Waals surface area contributed by atoms with E-state index in [2.05, 4.69) is 37.3 Å². The Labute approximate surface area is 125 Å². The van der Waals surface area contributed by atoms with Crippen LogP contribution in [0, 0.1) is 6.92 Å². The van der Waals surface area contributed by atoms with Crippen molar-refractivity contribution in [1.29, 1.82) is 0 Å². The van der Waals surface area contributed by atoms with Crippen LogP contribution in [0.5, 0.6) is 0 Å². The molecule has 4 nitrogen and oxygen atoms in total. The molecular formula is C14H14N4S2. The first-order valence-electron chi connectivity index (χ1n) is 6.32. The molecule has 0 spiro atoms. The zero-order valence-corrected chi connectivity index (χ0v) is 12.7. The highest BCUT2D eigenvalue weighted by Gasteiger charge is 2.11. The Balaban J connectivity index is 1.74. The van der Waals surface area contributed by atoms with E-state index >= 15 is 0 Å². The Kier molecular flexibility index (Phi) is 4.13. The smallest absolute Gasteiger partial charge is 0.195 e. The third kappa shape index (κ3) is 2.91. The quantitative estimate of drug-likeness (QED) is 0.678. The molecule has 2 heterocycles. The lowest BCUT2D eigenvalue weighted by Gasteiger charge is -2.07. The summed E-state index contributed by atoms with van der Waals surface area (Å²) in [7, 11) is 0. The number of aryl methyl sites for hydroxylation is 2. The van der Waals surface area contributed by atoms with Gasteiger partial charge in [-0.1, -0.05) is 30.0 Å². The van der Waals surface area contributed by atoms with E-state index in [4.69, 9.17) is 0 Å². The van der Waals surface area contributed by atoms with Gasteiger partial charge >= 0.3 is 0 Å². The van der Waals surface area contributed by atoms with Crippen LogP contribution >= 0.6 is 23.1 Å². The molecule has 3 rings (SSSR count). The lowest BCUT2D eigenvalue weighted by molar-refractivity contribution is 0.867. The van der Waals surface area contributed by atoms with Crippen molar-refractivity contribution in [2.75, 3.05) is 5.75 Å². The largest absolute Gasteiger partial charge is 0.274 e. The number of aromatic nitrogens is 4. The molecule has 0 amide bonds. The fourth-order valence-corrected chi connectivity index (χ4v) is 3.47. The Morgan fingerprint density at radius 2 is 2.05 bits per heavy atom. The summed E-state index contributed by atoms with van der Waals surface area (Å²) >= 11 is 3.35. The number of para-hydroxylation sites is 1. The predicted molar refractivity (Wildman–Crippen MR) is 82.6 cm³/mol. The molecule has 6 heteroatoms. The van der Waals surface area contributed by atoms with Crippen LogP contribution in [0.25, 0.3) is 5.69 Å². The standard InChI is InChI=1S/C14H14N4S2/c1-11-16-17-14(18(11)13-5-3-2-4-6-13)20-8-7-12-9-19-10-15-12/h2-6,9-10H,7-8H2,1H3. The summed E-state index contributed by atoms with van der Waals surface area (Å²) in [4.78, 5) is 4.30. The van der Waals surface area contributed by atoms with Crippen LogP contribution in [0.4, 0.5) is 0 Å². The minimum atomic E-state index is 0.910. The molecular weight excluding hydrogens is 288 g/mol. The monoisotopic (exact) mass is 302 g/mol. The van der Waals surface area contributed by atoms with Gasteiger partial charge in [-0.2, -0.15) is 0 Å². The van der Waals surface area contributed by atoms with Gasteiger partial charge < -0.3 is 0 Å². The van der Waals surface area contributed by atoms with Crippen LogP contribution in [0.15, 0.2) is 46.4 Å². The van der Waals surface area contributed by atoms with E-state index in [1.807, 2.05) is 30.6 Å². The average molecular weight is 302 g/mol. The Hall–Kier alpha value is -1.66. The maximum absolute atomic E-state index is 4.30. The number of thiazole rings is 1. The molecule has 0 saturated heterocycles. The summed E-state index contributed by atoms with van der Waals surface area (Å²) in [6.45, 7) is 1.98. The molecule has 0 saturated carbocycles. The second-order valence-corrected chi connectivity index (χ2v) is 6.06. The molecule has 0 radical (unpaired) electrons. The number of thioether (sulfide) groups is 1. The highest BCUT2D eigenvalue weighted by molar-refractivity contribution is 7.99. The molecule has 20 heavy (non-hydrogen) atoms. The van der Waals surface area contributed by atoms with Gasteiger partial charge in [0.15, 0.2) is 5.16 Å². The second kappa shape index (κ2) is 6.19. The SMILES string of the molecule is Cc1nnc(SCCc2cscn2)n1-c1ccccc1. The summed E-state index contributed by atoms with van der Waals surface area (Å²) in [6, 6.07) is 10.2. The molecule has 1 aromatic carbocycles. The minimum Gasteiger partial charge on any atom is -0.274 e. The van der Waals surface area contributed by atoms with Crippen LogP contribution in [-0.4, -0.2) is 25.5 Å². The van der Waals surface area contributed by atoms with Crippen molar-refractivity contribution < 1.29 is 0 Å². The van der Waals surface area contributed by atoms with Gasteiger partial charge in [-0.3, -0.25) is 4.57 Å². The first-order valence-corrected chi connectivity index (χ1v) is 8.25. The number of nitrogens with zero attached hydrogens (tertiary/aromatic N) is 4. The Bertz CT molecular complexity index is 662. The Morgan fingerprint density at radius 3 is 2.80 bits per heavy atom. The zero-order chi connectivity index (χ0) is 13.8. The molecule has 0 aliphatic carbocycles. The third-order valence-electron chi connectivity index (χ3n) is 2.88. The fraction of sp³-hybridized carbons (Fsp3) is 0.214. The lowest BCUT2D eigenvalue weighted by atomic mass is 10.3. The normalized spacial score (nSPS) is 10.8. The molecule has 2 aromatic heterocycles. The molecule has 0 fully saturated rings. The number of rotatable bonds is 5. The van der Waals surface area contributed by atoms with Gasteiger partial charge in [0.1, 0.15) is 5.82 Å². The maximum Gasteiger partial charge on any atom is 0.195 e. The second-order valence-electron chi connectivity index (χ2n) is 4.28. The van der Waals surface area contributed by atoms with E-state index in [0.717, 1.165) is 34.5 Å². The van der Waals surface area contributed by atoms with Crippen LogP contribution in [0.2, 0.25) is 0 Å². The summed E-state index contributed by atoms with van der Waals surface area (Å²) in [6.07, 6.45) is 0.953. The average Bonchev–Trinajstić information content (AvgIpc) is 3.10. The van der Waals surface area contributed by atoms with Crippen molar-refractivity contribution in [1.82, 2.24) is 19.7 Å². The van der Waals surface area contributed by atoms with E-state index < -0.39 is 0 Å². The van der Waals surface area contributed by atoms with Gasteiger partial charge in [0.05, 0.1) is 11.2 Å². The highest BCUT2D eigenvalue weighted by atomic mass is 32.2. The summed E-state index contributed by atoms with van der Waals surface area (Å²) in [5, 5.41) is 11.5. The number of benzene rings is 1. The van der Waals surface area contributed by atoms with E-state index in [0.29, 0.717) is 0 Å². The van der Waals surface area contributed by atoms with Crippen molar-refractivity contribution in [2.24, 2.45) is 0 Å². The molecule has 0 aliphatic rings. The first kappa shape index (κ1) is 13.3. The van der Waals surface area contributed by atoms with E-state index in [-0.39, 0.29) is 0 Å². The van der Waals surface area contributed by atoms with E-state index in [9.17, 15) is 0 Å². The van der Waals surface area contributed by atoms with E-state index in [1.54, 1.807) is 23.1 Å². The van der Waals surface area contributed by atoms with Gasteiger partial charge in [-0.25, -0.2) is 4.98 Å². The van der Waals surface area contributed by atoms with Crippen molar-refractivity contribution >= 4 is 23.1 Å². The number of hydrogen-bond acceptors (Lipinski definition) is 5. The molecule has 0 N–H and O–H groups in total. The molecule has 0 bridgehead atoms. The van der Waals surface area contributed by atoms with Gasteiger partial charge in [0, 0.05) is 23.2 Å². The van der Waals surface area contributed by atoms with Gasteiger partial charge in [0.2, 0.25) is 0 Å². The first-order chi connectivity index (χ1) is 9.84.